The van der Waals surface area contributed by atoms with Gasteiger partial charge in [0.2, 0.25) is 0 Å². The van der Waals surface area contributed by atoms with E-state index in [9.17, 15) is 10.1 Å². The van der Waals surface area contributed by atoms with Crippen molar-refractivity contribution in [3.8, 4) is 17.6 Å². The summed E-state index contributed by atoms with van der Waals surface area (Å²) in [6, 6.07) is 13.2. The predicted molar refractivity (Wildman–Crippen MR) is 141 cm³/mol. The van der Waals surface area contributed by atoms with Crippen molar-refractivity contribution >= 4 is 17.5 Å². The second kappa shape index (κ2) is 12.1. The smallest absolute Gasteiger partial charge is 0.395 e. The third-order valence-corrected chi connectivity index (χ3v) is 6.69. The molecule has 3 aromatic rings. The third kappa shape index (κ3) is 5.89. The molecule has 0 aliphatic carbocycles. The zero-order valence-electron chi connectivity index (χ0n) is 21.8. The second-order valence-electron chi connectivity index (χ2n) is 9.13. The summed E-state index contributed by atoms with van der Waals surface area (Å²) in [6.07, 6.45) is 0.826. The minimum Gasteiger partial charge on any atom is -0.493 e. The van der Waals surface area contributed by atoms with Gasteiger partial charge in [-0.25, -0.2) is 9.78 Å². The molecule has 189 valence electrons. The van der Waals surface area contributed by atoms with Gasteiger partial charge in [0.05, 0.1) is 38.1 Å². The Morgan fingerprint density at radius 3 is 2.53 bits per heavy atom. The standard InChI is InChI=1S/C28H33ClN4O3/c1-18(2)13-14-32(28(34)23-11-12-24(35-5)27(36-6)26(23)29)17-25-31-19(3)20(4)33(25)16-22-10-8-7-9-21(22)15-30/h7-12,18H,13-14,16-17H2,1-6H3/q+1. The van der Waals surface area contributed by atoms with Gasteiger partial charge in [-0.3, -0.25) is 0 Å². The molecule has 0 aliphatic rings. The minimum absolute atomic E-state index is 0.205. The van der Waals surface area contributed by atoms with Gasteiger partial charge >= 0.3 is 5.91 Å². The fourth-order valence-electron chi connectivity index (χ4n) is 4.05. The van der Waals surface area contributed by atoms with Crippen LogP contribution < -0.4 is 14.4 Å². The highest BCUT2D eigenvalue weighted by Gasteiger charge is 2.34. The van der Waals surface area contributed by atoms with Crippen LogP contribution in [0.5, 0.6) is 11.5 Å². The van der Waals surface area contributed by atoms with Crippen LogP contribution in [0, 0.1) is 31.1 Å². The van der Waals surface area contributed by atoms with E-state index in [1.165, 1.54) is 14.2 Å². The first-order valence-electron chi connectivity index (χ1n) is 11.9. The summed E-state index contributed by atoms with van der Waals surface area (Å²) in [5, 5.41) is 9.77. The number of aryl methyl sites for hydroxylation is 1. The number of benzene rings is 2. The van der Waals surface area contributed by atoms with E-state index in [2.05, 4.69) is 24.5 Å². The van der Waals surface area contributed by atoms with Crippen LogP contribution in [0.25, 0.3) is 0 Å². The predicted octanol–water partition coefficient (Wildman–Crippen LogP) is 5.62. The van der Waals surface area contributed by atoms with Gasteiger partial charge < -0.3 is 14.0 Å². The zero-order chi connectivity index (χ0) is 26.4. The number of hydrogen-bond donors (Lipinski definition) is 0. The van der Waals surface area contributed by atoms with Crippen molar-refractivity contribution in [2.24, 2.45) is 5.92 Å². The Morgan fingerprint density at radius 2 is 1.89 bits per heavy atom. The first kappa shape index (κ1) is 27.3. The van der Waals surface area contributed by atoms with Crippen LogP contribution in [0.2, 0.25) is 5.02 Å². The average molecular weight is 509 g/mol. The molecule has 3 rings (SSSR count). The molecule has 7 nitrogen and oxygen atoms in total. The maximum absolute atomic E-state index is 13.8. The lowest BCUT2D eigenvalue weighted by molar-refractivity contribution is 0.0851. The molecular formula is C28H33ClN4O3+. The first-order chi connectivity index (χ1) is 17.2. The van der Waals surface area contributed by atoms with Gasteiger partial charge in [-0.1, -0.05) is 48.5 Å². The molecule has 0 saturated heterocycles. The summed E-state index contributed by atoms with van der Waals surface area (Å²) in [7, 11) is 3.02. The number of nitrogens with zero attached hydrogens (tertiary/aromatic N) is 4. The molecule has 0 spiro atoms. The molecule has 1 amide bonds. The van der Waals surface area contributed by atoms with E-state index in [0.29, 0.717) is 48.2 Å². The molecule has 1 radical (unpaired) electrons. The van der Waals surface area contributed by atoms with Crippen LogP contribution in [0.3, 0.4) is 0 Å². The van der Waals surface area contributed by atoms with E-state index < -0.39 is 0 Å². The Labute approximate surface area is 218 Å². The molecule has 0 aliphatic heterocycles. The number of nitriles is 1. The SMILES string of the molecule is COc1ccc(C(=O)[N+](CCC(C)C)Cc2nc(C)c(C)n2Cc2ccccc2C#N)c(Cl)c1OC. The minimum atomic E-state index is -0.205. The lowest BCUT2D eigenvalue weighted by atomic mass is 10.1. The Morgan fingerprint density at radius 1 is 1.17 bits per heavy atom. The molecule has 1 heterocycles. The maximum Gasteiger partial charge on any atom is 0.395 e. The van der Waals surface area contributed by atoms with Crippen molar-refractivity contribution in [1.82, 2.24) is 14.5 Å². The Kier molecular flexibility index (Phi) is 9.14. The summed E-state index contributed by atoms with van der Waals surface area (Å²) in [5.74, 6) is 1.75. The normalized spacial score (nSPS) is 11.1. The van der Waals surface area contributed by atoms with Gasteiger partial charge in [-0.2, -0.15) is 5.26 Å². The van der Waals surface area contributed by atoms with Crippen molar-refractivity contribution in [1.29, 1.82) is 5.26 Å². The van der Waals surface area contributed by atoms with E-state index in [4.69, 9.17) is 26.1 Å². The zero-order valence-corrected chi connectivity index (χ0v) is 22.5. The highest BCUT2D eigenvalue weighted by Crippen LogP contribution is 2.37. The number of carbonyl (C=O) groups is 1. The Balaban J connectivity index is 2.00. The topological polar surface area (TPSA) is 83.0 Å². The molecule has 0 fully saturated rings. The average Bonchev–Trinajstić information content (AvgIpc) is 3.13. The van der Waals surface area contributed by atoms with E-state index in [1.807, 2.05) is 38.1 Å². The van der Waals surface area contributed by atoms with Crippen molar-refractivity contribution in [2.45, 2.75) is 47.2 Å². The molecule has 0 saturated carbocycles. The lowest BCUT2D eigenvalue weighted by Crippen LogP contribution is -2.39. The molecular weight excluding hydrogens is 476 g/mol. The van der Waals surface area contributed by atoms with Gasteiger partial charge in [0, 0.05) is 12.1 Å². The van der Waals surface area contributed by atoms with Gasteiger partial charge in [0.1, 0.15) is 17.1 Å². The summed E-state index contributed by atoms with van der Waals surface area (Å²) >= 11 is 6.59. The fourth-order valence-corrected chi connectivity index (χ4v) is 4.37. The molecule has 1 aromatic heterocycles. The number of amides is 1. The Hall–Kier alpha value is -3.34. The molecule has 0 atom stereocenters. The molecule has 0 bridgehead atoms. The van der Waals surface area contributed by atoms with E-state index in [-0.39, 0.29) is 10.9 Å². The molecule has 0 unspecified atom stereocenters. The second-order valence-corrected chi connectivity index (χ2v) is 9.50. The van der Waals surface area contributed by atoms with E-state index >= 15 is 0 Å². The van der Waals surface area contributed by atoms with Gasteiger partial charge in [-0.05, 0) is 43.5 Å². The summed E-state index contributed by atoms with van der Waals surface area (Å²) in [5.41, 5.74) is 3.77. The largest absolute Gasteiger partial charge is 0.493 e. The summed E-state index contributed by atoms with van der Waals surface area (Å²) in [6.45, 7) is 9.55. The highest BCUT2D eigenvalue weighted by atomic mass is 35.5. The van der Waals surface area contributed by atoms with E-state index in [0.717, 1.165) is 29.2 Å². The van der Waals surface area contributed by atoms with Crippen molar-refractivity contribution in [3.63, 3.8) is 0 Å². The lowest BCUT2D eigenvalue weighted by Gasteiger charge is -2.16. The highest BCUT2D eigenvalue weighted by molar-refractivity contribution is 6.35. The van der Waals surface area contributed by atoms with Crippen molar-refractivity contribution < 1.29 is 14.3 Å². The number of ether oxygens (including phenoxy) is 2. The number of halogens is 1. The van der Waals surface area contributed by atoms with Crippen molar-refractivity contribution in [2.75, 3.05) is 20.8 Å². The molecule has 2 aromatic carbocycles. The number of carbonyl (C=O) groups excluding carboxylic acids is 1. The number of hydrogen-bond acceptors (Lipinski definition) is 5. The summed E-state index contributed by atoms with van der Waals surface area (Å²) in [4.78, 5) is 20.4. The van der Waals surface area contributed by atoms with E-state index in [1.54, 1.807) is 17.0 Å². The summed E-state index contributed by atoms with van der Waals surface area (Å²) < 4.78 is 12.8. The number of imidazole rings is 1. The first-order valence-corrected chi connectivity index (χ1v) is 12.3. The number of methoxy groups -OCH3 is 2. The maximum atomic E-state index is 13.8. The van der Waals surface area contributed by atoms with Crippen LogP contribution in [0.4, 0.5) is 0 Å². The van der Waals surface area contributed by atoms with Crippen LogP contribution in [-0.4, -0.2) is 36.2 Å². The Bertz CT molecular complexity index is 1280. The monoisotopic (exact) mass is 508 g/mol. The molecule has 8 heteroatoms. The van der Waals surface area contributed by atoms with Crippen LogP contribution >= 0.6 is 11.6 Å². The third-order valence-electron chi connectivity index (χ3n) is 6.31. The number of rotatable bonds is 10. The quantitative estimate of drug-likeness (QED) is 0.332. The number of aromatic nitrogens is 2. The van der Waals surface area contributed by atoms with Crippen LogP contribution in [0.1, 0.15) is 59.0 Å². The van der Waals surface area contributed by atoms with Gasteiger partial charge in [-0.15, -0.1) is 0 Å². The fraction of sp³-hybridized carbons (Fsp3) is 0.393. The van der Waals surface area contributed by atoms with Crippen molar-refractivity contribution in [3.05, 3.63) is 75.3 Å². The van der Waals surface area contributed by atoms with Crippen LogP contribution in [0.15, 0.2) is 36.4 Å². The van der Waals surface area contributed by atoms with Gasteiger partial charge in [0.15, 0.2) is 23.9 Å². The molecule has 36 heavy (non-hydrogen) atoms. The van der Waals surface area contributed by atoms with Crippen LogP contribution in [-0.2, 0) is 13.1 Å². The van der Waals surface area contributed by atoms with Gasteiger partial charge in [0.25, 0.3) is 0 Å². The molecule has 0 N–H and O–H groups in total.